The molecule has 0 radical (unpaired) electrons. The predicted octanol–water partition coefficient (Wildman–Crippen LogP) is 9.71. The molecule has 282 valence electrons. The maximum Gasteiger partial charge on any atom is 0.0846 e. The number of benzene rings is 7. The van der Waals surface area contributed by atoms with E-state index >= 15 is 0 Å². The van der Waals surface area contributed by atoms with Gasteiger partial charge in [-0.25, -0.2) is 0 Å². The van der Waals surface area contributed by atoms with E-state index in [1.165, 1.54) is 50.1 Å². The summed E-state index contributed by atoms with van der Waals surface area (Å²) in [6, 6.07) is 72.5. The highest BCUT2D eigenvalue weighted by Gasteiger charge is 2.41. The fourth-order valence-corrected chi connectivity index (χ4v) is 9.27. The molecule has 6 nitrogen and oxygen atoms in total. The molecule has 7 aromatic rings. The number of nitrogens with one attached hydrogen (secondary N) is 6. The van der Waals surface area contributed by atoms with Gasteiger partial charge in [-0.2, -0.15) is 0 Å². The Morgan fingerprint density at radius 3 is 0.579 bits per heavy atom. The minimum absolute atomic E-state index is 0.000205. The molecule has 7 aromatic carbocycles. The quantitative estimate of drug-likeness (QED) is 0.0885. The average Bonchev–Trinajstić information content (AvgIpc) is 4.07. The van der Waals surface area contributed by atoms with Crippen molar-refractivity contribution in [3.05, 3.63) is 250 Å². The highest BCUT2D eigenvalue weighted by Crippen LogP contribution is 2.45. The highest BCUT2D eigenvalue weighted by molar-refractivity contribution is 5.44. The number of hydrogen-bond donors (Lipinski definition) is 6. The third-order valence-corrected chi connectivity index (χ3v) is 12.0. The lowest BCUT2D eigenvalue weighted by Crippen LogP contribution is -2.25. The molecule has 0 aromatic heterocycles. The van der Waals surface area contributed by atoms with Crippen LogP contribution in [0.15, 0.2) is 200 Å². The molecule has 0 amide bonds. The first-order valence-electron chi connectivity index (χ1n) is 20.3. The van der Waals surface area contributed by atoms with Gasteiger partial charge in [0.15, 0.2) is 0 Å². The van der Waals surface area contributed by atoms with E-state index in [1.807, 2.05) is 0 Å². The Morgan fingerprint density at radius 1 is 0.193 bits per heavy atom. The summed E-state index contributed by atoms with van der Waals surface area (Å²) in [5, 5.41) is 24.3. The second kappa shape index (κ2) is 16.0. The van der Waals surface area contributed by atoms with E-state index in [4.69, 9.17) is 0 Å². The molecule has 9 unspecified atom stereocenters. The van der Waals surface area contributed by atoms with Crippen LogP contribution in [0, 0.1) is 0 Å². The first-order chi connectivity index (χ1) is 28.2. The minimum atomic E-state index is -0.00915. The zero-order valence-electron chi connectivity index (χ0n) is 31.7. The van der Waals surface area contributed by atoms with Gasteiger partial charge in [0.2, 0.25) is 0 Å². The van der Waals surface area contributed by atoms with Crippen LogP contribution in [-0.2, 0) is 0 Å². The molecular weight excluding hydrogens is 697 g/mol. The topological polar surface area (TPSA) is 72.2 Å². The third-order valence-electron chi connectivity index (χ3n) is 12.0. The van der Waals surface area contributed by atoms with E-state index in [0.717, 1.165) is 0 Å². The second-order valence-electron chi connectivity index (χ2n) is 15.6. The van der Waals surface area contributed by atoms with Crippen LogP contribution in [0.25, 0.3) is 0 Å². The summed E-state index contributed by atoms with van der Waals surface area (Å²) in [6.45, 7) is 0. The molecular formula is C51H48N6. The van der Waals surface area contributed by atoms with Crippen molar-refractivity contribution in [2.75, 3.05) is 0 Å². The van der Waals surface area contributed by atoms with Gasteiger partial charge in [-0.1, -0.05) is 200 Å². The molecule has 3 aliphatic rings. The molecule has 57 heavy (non-hydrogen) atoms. The second-order valence-corrected chi connectivity index (χ2v) is 15.6. The summed E-state index contributed by atoms with van der Waals surface area (Å²) in [5.74, 6) is 0. The zero-order chi connectivity index (χ0) is 38.0. The van der Waals surface area contributed by atoms with E-state index < -0.39 is 0 Å². The lowest BCUT2D eigenvalue weighted by atomic mass is 9.85. The summed E-state index contributed by atoms with van der Waals surface area (Å²) in [5.41, 5.74) is 11.3. The molecule has 6 heteroatoms. The molecule has 10 rings (SSSR count). The highest BCUT2D eigenvalue weighted by atomic mass is 15.3. The molecule has 9 atom stereocenters. The third kappa shape index (κ3) is 7.36. The molecule has 0 saturated carbocycles. The average molecular weight is 745 g/mol. The fraction of sp³-hybridized carbons (Fsp3) is 0.176. The van der Waals surface area contributed by atoms with Gasteiger partial charge in [-0.05, 0) is 50.1 Å². The summed E-state index contributed by atoms with van der Waals surface area (Å²) in [7, 11) is 0. The van der Waals surface area contributed by atoms with Crippen molar-refractivity contribution in [2.24, 2.45) is 0 Å². The van der Waals surface area contributed by atoms with Crippen LogP contribution in [0.3, 0.4) is 0 Å². The summed E-state index contributed by atoms with van der Waals surface area (Å²) in [6.07, 6.45) is -0.0275. The van der Waals surface area contributed by atoms with Crippen LogP contribution >= 0.6 is 0 Å². The van der Waals surface area contributed by atoms with Crippen molar-refractivity contribution in [3.8, 4) is 0 Å². The van der Waals surface area contributed by atoms with E-state index in [-0.39, 0.29) is 54.7 Å². The lowest BCUT2D eigenvalue weighted by molar-refractivity contribution is 0.524. The zero-order valence-corrected chi connectivity index (χ0v) is 31.7. The summed E-state index contributed by atoms with van der Waals surface area (Å²) < 4.78 is 0. The Bertz CT molecular complexity index is 2080. The molecule has 3 saturated heterocycles. The van der Waals surface area contributed by atoms with Crippen LogP contribution in [-0.4, -0.2) is 0 Å². The van der Waals surface area contributed by atoms with E-state index in [0.29, 0.717) is 0 Å². The predicted molar refractivity (Wildman–Crippen MR) is 229 cm³/mol. The molecule has 3 heterocycles. The van der Waals surface area contributed by atoms with Crippen molar-refractivity contribution in [3.63, 3.8) is 0 Å². The maximum absolute atomic E-state index is 4.08. The molecule has 6 N–H and O–H groups in total. The first-order valence-corrected chi connectivity index (χ1v) is 20.3. The van der Waals surface area contributed by atoms with Crippen molar-refractivity contribution in [1.29, 1.82) is 0 Å². The van der Waals surface area contributed by atoms with Gasteiger partial charge in [-0.3, -0.25) is 31.9 Å². The standard InChI is InChI=1S/C51H48N6/c1-7-19-34(20-8-1)43-46(55-49(52-43)37-25-13-4-14-26-37)40-31-41(47-44(35-21-9-2-10-22-35)53-50(56-47)38-27-15-5-16-28-38)33-42(32-40)48-45(36-23-11-3-12-24-36)54-51(57-48)39-29-17-6-18-30-39/h1-33,43-57H. The van der Waals surface area contributed by atoms with Crippen LogP contribution in [0.1, 0.15) is 105 Å². The smallest absolute Gasteiger partial charge is 0.0846 e. The van der Waals surface area contributed by atoms with Crippen LogP contribution in [0.5, 0.6) is 0 Å². The van der Waals surface area contributed by atoms with Crippen molar-refractivity contribution >= 4 is 0 Å². The normalized spacial score (nSPS) is 27.1. The van der Waals surface area contributed by atoms with Gasteiger partial charge in [0.05, 0.1) is 54.7 Å². The summed E-state index contributed by atoms with van der Waals surface area (Å²) in [4.78, 5) is 0. The van der Waals surface area contributed by atoms with Crippen LogP contribution < -0.4 is 31.9 Å². The first kappa shape index (κ1) is 35.7. The van der Waals surface area contributed by atoms with Crippen molar-refractivity contribution < 1.29 is 0 Å². The van der Waals surface area contributed by atoms with Gasteiger partial charge in [-0.15, -0.1) is 0 Å². The van der Waals surface area contributed by atoms with Gasteiger partial charge in [0, 0.05) is 0 Å². The van der Waals surface area contributed by atoms with Crippen LogP contribution in [0.2, 0.25) is 0 Å². The van der Waals surface area contributed by atoms with Gasteiger partial charge in [0.1, 0.15) is 0 Å². The van der Waals surface area contributed by atoms with Crippen molar-refractivity contribution in [1.82, 2.24) is 31.9 Å². The van der Waals surface area contributed by atoms with E-state index in [1.54, 1.807) is 0 Å². The van der Waals surface area contributed by atoms with Crippen LogP contribution in [0.4, 0.5) is 0 Å². The summed E-state index contributed by atoms with van der Waals surface area (Å²) >= 11 is 0. The lowest BCUT2D eigenvalue weighted by Gasteiger charge is -2.27. The Labute approximate surface area is 335 Å². The van der Waals surface area contributed by atoms with Gasteiger partial charge < -0.3 is 0 Å². The fourth-order valence-electron chi connectivity index (χ4n) is 9.27. The molecule has 3 aliphatic heterocycles. The number of hydrogen-bond acceptors (Lipinski definition) is 6. The Balaban J connectivity index is 1.13. The molecule has 0 spiro atoms. The Hall–Kier alpha value is -5.70. The van der Waals surface area contributed by atoms with E-state index in [9.17, 15) is 0 Å². The van der Waals surface area contributed by atoms with Gasteiger partial charge in [0.25, 0.3) is 0 Å². The molecule has 0 bridgehead atoms. The van der Waals surface area contributed by atoms with Gasteiger partial charge >= 0.3 is 0 Å². The number of rotatable bonds is 9. The Kier molecular flexibility index (Phi) is 10.0. The van der Waals surface area contributed by atoms with Crippen molar-refractivity contribution in [2.45, 2.75) is 54.7 Å². The molecule has 0 aliphatic carbocycles. The molecule has 3 fully saturated rings. The SMILES string of the molecule is c1ccc(C2NC(c3ccccc3)C(c3cc(C4NC(c5ccccc5)NC4c4ccccc4)cc(C4NC(c5ccccc5)NC4c4ccccc4)c3)N2)cc1. The largest absolute Gasteiger partial charge is 0.289 e. The maximum atomic E-state index is 4.08. The van der Waals surface area contributed by atoms with E-state index in [2.05, 4.69) is 232 Å². The minimum Gasteiger partial charge on any atom is -0.289 e. The Morgan fingerprint density at radius 2 is 0.368 bits per heavy atom. The monoisotopic (exact) mass is 744 g/mol.